The minimum Gasteiger partial charge on any atom is -0.379 e. The average Bonchev–Trinajstić information content (AvgIpc) is 3.20. The number of aromatic nitrogens is 1. The number of morpholine rings is 1. The van der Waals surface area contributed by atoms with E-state index in [0.717, 1.165) is 16.7 Å². The van der Waals surface area contributed by atoms with Crippen LogP contribution in [0.5, 0.6) is 0 Å². The highest BCUT2D eigenvalue weighted by atomic mass is 32.2. The molecule has 0 radical (unpaired) electrons. The number of sulfonamides is 1. The van der Waals surface area contributed by atoms with Crippen LogP contribution >= 0.6 is 11.3 Å². The molecule has 2 aromatic rings. The molecule has 1 saturated heterocycles. The molecule has 1 unspecified atom stereocenters. The van der Waals surface area contributed by atoms with E-state index in [1.54, 1.807) is 0 Å². The van der Waals surface area contributed by atoms with Gasteiger partial charge in [-0.1, -0.05) is 6.07 Å². The number of thiazole rings is 1. The third-order valence-corrected chi connectivity index (χ3v) is 7.16. The molecule has 0 spiro atoms. The molecule has 29 heavy (non-hydrogen) atoms. The summed E-state index contributed by atoms with van der Waals surface area (Å²) in [5.41, 5.74) is -0.934. The van der Waals surface area contributed by atoms with Crippen molar-refractivity contribution in [1.29, 1.82) is 0 Å². The second-order valence-corrected chi connectivity index (χ2v) is 9.14. The largest absolute Gasteiger partial charge is 0.434 e. The number of carbonyl (C=O) groups is 1. The number of amides is 1. The van der Waals surface area contributed by atoms with E-state index >= 15 is 0 Å². The van der Waals surface area contributed by atoms with E-state index in [-0.39, 0.29) is 28.6 Å². The van der Waals surface area contributed by atoms with E-state index in [0.29, 0.717) is 13.2 Å². The van der Waals surface area contributed by atoms with Crippen LogP contribution in [0.25, 0.3) is 0 Å². The van der Waals surface area contributed by atoms with Gasteiger partial charge < -0.3 is 10.1 Å². The van der Waals surface area contributed by atoms with Gasteiger partial charge in [0, 0.05) is 24.0 Å². The Kier molecular flexibility index (Phi) is 6.27. The molecule has 1 fully saturated rings. The minimum absolute atomic E-state index is 0.0340. The maximum Gasteiger partial charge on any atom is 0.434 e. The SMILES string of the molecule is CC(NC(=O)c1cccc(S(=O)(=O)N2CCOCC2)c1)c1nc(C(F)(F)F)cs1. The van der Waals surface area contributed by atoms with Gasteiger partial charge in [0.05, 0.1) is 24.2 Å². The summed E-state index contributed by atoms with van der Waals surface area (Å²) in [7, 11) is -3.77. The van der Waals surface area contributed by atoms with E-state index in [1.807, 2.05) is 0 Å². The van der Waals surface area contributed by atoms with Crippen molar-refractivity contribution in [2.24, 2.45) is 0 Å². The Labute approximate surface area is 169 Å². The van der Waals surface area contributed by atoms with Gasteiger partial charge in [-0.3, -0.25) is 4.79 Å². The Morgan fingerprint density at radius 1 is 1.31 bits per heavy atom. The number of hydrogen-bond donors (Lipinski definition) is 1. The Bertz CT molecular complexity index is 986. The molecule has 3 rings (SSSR count). The summed E-state index contributed by atoms with van der Waals surface area (Å²) in [5, 5.41) is 3.53. The van der Waals surface area contributed by atoms with Gasteiger partial charge in [0.1, 0.15) is 5.01 Å². The second kappa shape index (κ2) is 8.38. The van der Waals surface area contributed by atoms with Crippen molar-refractivity contribution in [2.75, 3.05) is 26.3 Å². The van der Waals surface area contributed by atoms with Crippen molar-refractivity contribution in [3.8, 4) is 0 Å². The van der Waals surface area contributed by atoms with Crippen LogP contribution in [-0.2, 0) is 20.9 Å². The summed E-state index contributed by atoms with van der Waals surface area (Å²) < 4.78 is 70.0. The van der Waals surface area contributed by atoms with Gasteiger partial charge in [-0.15, -0.1) is 11.3 Å². The van der Waals surface area contributed by atoms with Crippen LogP contribution in [0.2, 0.25) is 0 Å². The molecule has 0 bridgehead atoms. The number of nitrogens with one attached hydrogen (secondary N) is 1. The summed E-state index contributed by atoms with van der Waals surface area (Å²) in [5.74, 6) is -0.611. The zero-order chi connectivity index (χ0) is 21.2. The molecule has 1 aromatic carbocycles. The van der Waals surface area contributed by atoms with Crippen LogP contribution in [-0.4, -0.2) is 49.9 Å². The van der Waals surface area contributed by atoms with E-state index < -0.39 is 33.8 Å². The number of rotatable bonds is 5. The molecule has 2 heterocycles. The monoisotopic (exact) mass is 449 g/mol. The molecule has 1 aromatic heterocycles. The van der Waals surface area contributed by atoms with Gasteiger partial charge in [0.15, 0.2) is 5.69 Å². The van der Waals surface area contributed by atoms with E-state index in [9.17, 15) is 26.4 Å². The minimum atomic E-state index is -4.55. The highest BCUT2D eigenvalue weighted by Gasteiger charge is 2.34. The lowest BCUT2D eigenvalue weighted by atomic mass is 10.2. The van der Waals surface area contributed by atoms with Crippen molar-refractivity contribution in [3.63, 3.8) is 0 Å². The fourth-order valence-electron chi connectivity index (χ4n) is 2.69. The number of benzene rings is 1. The number of hydrogen-bond acceptors (Lipinski definition) is 6. The number of carbonyl (C=O) groups excluding carboxylic acids is 1. The van der Waals surface area contributed by atoms with Crippen LogP contribution in [0.3, 0.4) is 0 Å². The van der Waals surface area contributed by atoms with Gasteiger partial charge in [-0.2, -0.15) is 17.5 Å². The smallest absolute Gasteiger partial charge is 0.379 e. The summed E-state index contributed by atoms with van der Waals surface area (Å²) in [6, 6.07) is 4.74. The average molecular weight is 449 g/mol. The van der Waals surface area contributed by atoms with E-state index in [2.05, 4.69) is 10.3 Å². The Balaban J connectivity index is 1.74. The molecule has 158 valence electrons. The fourth-order valence-corrected chi connectivity index (χ4v) is 4.98. The van der Waals surface area contributed by atoms with Crippen molar-refractivity contribution < 1.29 is 31.1 Å². The van der Waals surface area contributed by atoms with Gasteiger partial charge >= 0.3 is 6.18 Å². The molecule has 1 amide bonds. The second-order valence-electron chi connectivity index (χ2n) is 6.31. The van der Waals surface area contributed by atoms with E-state index in [1.165, 1.54) is 35.5 Å². The van der Waals surface area contributed by atoms with Crippen LogP contribution < -0.4 is 5.32 Å². The first-order valence-corrected chi connectivity index (χ1v) is 10.9. The first-order chi connectivity index (χ1) is 13.6. The standard InChI is InChI=1S/C17H18F3N3O4S2/c1-11(16-22-14(10-28-16)17(18,19)20)21-15(24)12-3-2-4-13(9-12)29(25,26)23-5-7-27-8-6-23/h2-4,9-11H,5-8H2,1H3,(H,21,24). The molecule has 12 heteroatoms. The van der Waals surface area contributed by atoms with Crippen molar-refractivity contribution >= 4 is 27.3 Å². The third-order valence-electron chi connectivity index (χ3n) is 4.23. The highest BCUT2D eigenvalue weighted by Crippen LogP contribution is 2.31. The summed E-state index contributed by atoms with van der Waals surface area (Å²) in [4.78, 5) is 16.0. The lowest BCUT2D eigenvalue weighted by Gasteiger charge is -2.26. The lowest BCUT2D eigenvalue weighted by molar-refractivity contribution is -0.140. The summed E-state index contributed by atoms with van der Waals surface area (Å²) >= 11 is 0.788. The van der Waals surface area contributed by atoms with Crippen molar-refractivity contribution in [2.45, 2.75) is 24.0 Å². The van der Waals surface area contributed by atoms with Gasteiger partial charge in [-0.05, 0) is 25.1 Å². The quantitative estimate of drug-likeness (QED) is 0.758. The van der Waals surface area contributed by atoms with Crippen molar-refractivity contribution in [1.82, 2.24) is 14.6 Å². The maximum atomic E-state index is 12.7. The predicted octanol–water partition coefficient (Wildman–Crippen LogP) is 2.67. The van der Waals surface area contributed by atoms with Gasteiger partial charge in [0.2, 0.25) is 10.0 Å². The highest BCUT2D eigenvalue weighted by molar-refractivity contribution is 7.89. The summed E-state index contributed by atoms with van der Waals surface area (Å²) in [6.07, 6.45) is -4.55. The zero-order valence-electron chi connectivity index (χ0n) is 15.3. The fraction of sp³-hybridized carbons (Fsp3) is 0.412. The third kappa shape index (κ3) is 4.94. The van der Waals surface area contributed by atoms with Crippen molar-refractivity contribution in [3.05, 3.63) is 45.9 Å². The number of nitrogens with zero attached hydrogens (tertiary/aromatic N) is 2. The molecule has 1 atom stereocenters. The maximum absolute atomic E-state index is 12.7. The first kappa shape index (κ1) is 21.7. The number of alkyl halides is 3. The molecule has 1 aliphatic rings. The molecular formula is C17H18F3N3O4S2. The lowest BCUT2D eigenvalue weighted by Crippen LogP contribution is -2.40. The summed E-state index contributed by atoms with van der Waals surface area (Å²) in [6.45, 7) is 2.54. The molecular weight excluding hydrogens is 431 g/mol. The van der Waals surface area contributed by atoms with Gasteiger partial charge in [0.25, 0.3) is 5.91 Å². The molecule has 0 saturated carbocycles. The van der Waals surface area contributed by atoms with Crippen LogP contribution in [0.15, 0.2) is 34.5 Å². The Hall–Kier alpha value is -2.02. The number of halogens is 3. The Morgan fingerprint density at radius 3 is 2.62 bits per heavy atom. The van der Waals surface area contributed by atoms with Crippen LogP contribution in [0, 0.1) is 0 Å². The molecule has 1 aliphatic heterocycles. The van der Waals surface area contributed by atoms with E-state index in [4.69, 9.17) is 4.74 Å². The molecule has 0 aliphatic carbocycles. The topological polar surface area (TPSA) is 88.6 Å². The Morgan fingerprint density at radius 2 is 2.00 bits per heavy atom. The number of ether oxygens (including phenoxy) is 1. The molecule has 7 nitrogen and oxygen atoms in total. The van der Waals surface area contributed by atoms with Crippen LogP contribution in [0.4, 0.5) is 13.2 Å². The van der Waals surface area contributed by atoms with Gasteiger partial charge in [-0.25, -0.2) is 13.4 Å². The zero-order valence-corrected chi connectivity index (χ0v) is 16.9. The predicted molar refractivity (Wildman–Crippen MR) is 99.0 cm³/mol. The first-order valence-electron chi connectivity index (χ1n) is 8.60. The normalized spacial score (nSPS) is 17.1. The molecule has 1 N–H and O–H groups in total. The van der Waals surface area contributed by atoms with Crippen LogP contribution in [0.1, 0.15) is 34.0 Å².